The van der Waals surface area contributed by atoms with Crippen molar-refractivity contribution in [2.24, 2.45) is 0 Å². The van der Waals surface area contributed by atoms with Crippen molar-refractivity contribution in [3.8, 4) is 0 Å². The van der Waals surface area contributed by atoms with Gasteiger partial charge in [0.25, 0.3) is 5.91 Å². The van der Waals surface area contributed by atoms with Gasteiger partial charge in [-0.3, -0.25) is 19.3 Å². The first-order valence-electron chi connectivity index (χ1n) is 7.96. The Morgan fingerprint density at radius 1 is 1.21 bits per heavy atom. The van der Waals surface area contributed by atoms with Crippen molar-refractivity contribution < 1.29 is 14.4 Å². The van der Waals surface area contributed by atoms with Gasteiger partial charge in [-0.2, -0.15) is 0 Å². The van der Waals surface area contributed by atoms with Gasteiger partial charge in [0.15, 0.2) is 0 Å². The highest BCUT2D eigenvalue weighted by Gasteiger charge is 2.29. The molecule has 6 nitrogen and oxygen atoms in total. The lowest BCUT2D eigenvalue weighted by Crippen LogP contribution is -2.38. The third kappa shape index (κ3) is 3.76. The van der Waals surface area contributed by atoms with Gasteiger partial charge in [0.05, 0.1) is 6.54 Å². The molecule has 0 radical (unpaired) electrons. The molecule has 24 heavy (non-hydrogen) atoms. The van der Waals surface area contributed by atoms with Gasteiger partial charge in [0, 0.05) is 38.0 Å². The number of halogens is 1. The zero-order valence-electron chi connectivity index (χ0n) is 13.7. The number of hydrogen-bond acceptors (Lipinski definition) is 4. The normalized spacial score (nSPS) is 20.2. The largest absolute Gasteiger partial charge is 0.337 e. The summed E-state index contributed by atoms with van der Waals surface area (Å²) in [5, 5.41) is 3.25. The van der Waals surface area contributed by atoms with E-state index in [1.165, 1.54) is 4.90 Å². The minimum absolute atomic E-state index is 0. The van der Waals surface area contributed by atoms with Crippen molar-refractivity contribution in [3.05, 3.63) is 35.4 Å². The number of rotatable bonds is 4. The summed E-state index contributed by atoms with van der Waals surface area (Å²) in [6.45, 7) is 2.06. The molecule has 2 heterocycles. The minimum atomic E-state index is -0.122. The number of likely N-dealkylation sites (N-methyl/N-ethyl adjacent to an activating group) is 1. The summed E-state index contributed by atoms with van der Waals surface area (Å²) >= 11 is 0. The highest BCUT2D eigenvalue weighted by molar-refractivity contribution is 6.01. The van der Waals surface area contributed by atoms with Gasteiger partial charge in [-0.25, -0.2) is 0 Å². The van der Waals surface area contributed by atoms with Crippen molar-refractivity contribution in [3.63, 3.8) is 0 Å². The van der Waals surface area contributed by atoms with Crippen LogP contribution in [-0.4, -0.2) is 53.7 Å². The van der Waals surface area contributed by atoms with Gasteiger partial charge in [0.1, 0.15) is 0 Å². The molecule has 1 unspecified atom stereocenters. The standard InChI is InChI=1S/C17H21N3O3.ClH/c1-19(14-8-9-18-10-14)17(23)13-4-2-12(3-5-13)11-20-15(21)6-7-16(20)22;/h2-5,14,18H,6-11H2,1H3;1H. The lowest BCUT2D eigenvalue weighted by atomic mass is 10.1. The molecule has 0 saturated carbocycles. The molecule has 2 aliphatic rings. The first-order valence-corrected chi connectivity index (χ1v) is 7.96. The smallest absolute Gasteiger partial charge is 0.253 e. The van der Waals surface area contributed by atoms with Crippen LogP contribution in [0.1, 0.15) is 35.2 Å². The fourth-order valence-electron chi connectivity index (χ4n) is 3.07. The third-order valence-electron chi connectivity index (χ3n) is 4.60. The second-order valence-corrected chi connectivity index (χ2v) is 6.13. The highest BCUT2D eigenvalue weighted by atomic mass is 35.5. The summed E-state index contributed by atoms with van der Waals surface area (Å²) < 4.78 is 0. The number of nitrogens with zero attached hydrogens (tertiary/aromatic N) is 2. The van der Waals surface area contributed by atoms with E-state index in [0.717, 1.165) is 25.1 Å². The number of nitrogens with one attached hydrogen (secondary N) is 1. The van der Waals surface area contributed by atoms with Gasteiger partial charge in [-0.1, -0.05) is 12.1 Å². The van der Waals surface area contributed by atoms with Crippen LogP contribution >= 0.6 is 12.4 Å². The van der Waals surface area contributed by atoms with E-state index in [1.54, 1.807) is 17.0 Å². The first kappa shape index (κ1) is 18.4. The summed E-state index contributed by atoms with van der Waals surface area (Å²) in [6.07, 6.45) is 1.57. The summed E-state index contributed by atoms with van der Waals surface area (Å²) in [5.41, 5.74) is 1.48. The Balaban J connectivity index is 0.00000208. The molecule has 0 aromatic heterocycles. The predicted octanol–water partition coefficient (Wildman–Crippen LogP) is 1.19. The molecule has 3 amide bonds. The Labute approximate surface area is 147 Å². The maximum Gasteiger partial charge on any atom is 0.253 e. The fraction of sp³-hybridized carbons (Fsp3) is 0.471. The molecule has 0 spiro atoms. The molecule has 2 aliphatic heterocycles. The van der Waals surface area contributed by atoms with E-state index in [2.05, 4.69) is 5.32 Å². The Bertz CT molecular complexity index is 610. The molecular formula is C17H22ClN3O3. The Hall–Kier alpha value is -1.92. The van der Waals surface area contributed by atoms with E-state index in [4.69, 9.17) is 0 Å². The zero-order chi connectivity index (χ0) is 16.4. The lowest BCUT2D eigenvalue weighted by Gasteiger charge is -2.24. The summed E-state index contributed by atoms with van der Waals surface area (Å²) in [4.78, 5) is 38.8. The van der Waals surface area contributed by atoms with Gasteiger partial charge in [-0.15, -0.1) is 12.4 Å². The average Bonchev–Trinajstić information content (AvgIpc) is 3.20. The SMILES string of the molecule is CN(C(=O)c1ccc(CN2C(=O)CCC2=O)cc1)C1CCNC1.Cl. The lowest BCUT2D eigenvalue weighted by molar-refractivity contribution is -0.139. The molecule has 3 rings (SSSR count). The molecule has 1 aromatic rings. The molecule has 1 N–H and O–H groups in total. The quantitative estimate of drug-likeness (QED) is 0.827. The van der Waals surface area contributed by atoms with Crippen LogP contribution in [-0.2, 0) is 16.1 Å². The van der Waals surface area contributed by atoms with Gasteiger partial charge in [0.2, 0.25) is 11.8 Å². The Morgan fingerprint density at radius 2 is 1.83 bits per heavy atom. The topological polar surface area (TPSA) is 69.7 Å². The van der Waals surface area contributed by atoms with Crippen LogP contribution in [0.2, 0.25) is 0 Å². The van der Waals surface area contributed by atoms with Crippen molar-refractivity contribution >= 4 is 30.1 Å². The molecule has 2 saturated heterocycles. The monoisotopic (exact) mass is 351 g/mol. The molecule has 0 bridgehead atoms. The van der Waals surface area contributed by atoms with Crippen molar-refractivity contribution in [1.29, 1.82) is 0 Å². The van der Waals surface area contributed by atoms with E-state index >= 15 is 0 Å². The van der Waals surface area contributed by atoms with E-state index < -0.39 is 0 Å². The maximum atomic E-state index is 12.5. The molecule has 130 valence electrons. The zero-order valence-corrected chi connectivity index (χ0v) is 14.5. The molecule has 1 aromatic carbocycles. The van der Waals surface area contributed by atoms with Gasteiger partial charge in [-0.05, 0) is 30.7 Å². The molecular weight excluding hydrogens is 330 g/mol. The van der Waals surface area contributed by atoms with Crippen LogP contribution < -0.4 is 5.32 Å². The second kappa shape index (κ2) is 7.77. The van der Waals surface area contributed by atoms with Crippen molar-refractivity contribution in [2.75, 3.05) is 20.1 Å². The van der Waals surface area contributed by atoms with Crippen molar-refractivity contribution in [1.82, 2.24) is 15.1 Å². The highest BCUT2D eigenvalue weighted by Crippen LogP contribution is 2.17. The fourth-order valence-corrected chi connectivity index (χ4v) is 3.07. The van der Waals surface area contributed by atoms with Crippen molar-refractivity contribution in [2.45, 2.75) is 31.8 Å². The molecule has 2 fully saturated rings. The number of carbonyl (C=O) groups excluding carboxylic acids is 3. The van der Waals surface area contributed by atoms with Gasteiger partial charge >= 0.3 is 0 Å². The molecule has 7 heteroatoms. The minimum Gasteiger partial charge on any atom is -0.337 e. The van der Waals surface area contributed by atoms with E-state index in [-0.39, 0.29) is 42.7 Å². The number of benzene rings is 1. The maximum absolute atomic E-state index is 12.5. The summed E-state index contributed by atoms with van der Waals surface area (Å²) in [5.74, 6) is -0.245. The van der Waals surface area contributed by atoms with Crippen LogP contribution in [0.15, 0.2) is 24.3 Å². The third-order valence-corrected chi connectivity index (χ3v) is 4.60. The number of hydrogen-bond donors (Lipinski definition) is 1. The number of imide groups is 1. The second-order valence-electron chi connectivity index (χ2n) is 6.13. The summed E-state index contributed by atoms with van der Waals surface area (Å²) in [7, 11) is 1.83. The van der Waals surface area contributed by atoms with E-state index in [9.17, 15) is 14.4 Å². The van der Waals surface area contributed by atoms with Gasteiger partial charge < -0.3 is 10.2 Å². The number of likely N-dealkylation sites (tertiary alicyclic amines) is 1. The molecule has 0 aliphatic carbocycles. The Kier molecular flexibility index (Phi) is 5.96. The van der Waals surface area contributed by atoms with Crippen LogP contribution in [0.4, 0.5) is 0 Å². The van der Waals surface area contributed by atoms with E-state index in [1.807, 2.05) is 19.2 Å². The van der Waals surface area contributed by atoms with Crippen LogP contribution in [0, 0.1) is 0 Å². The first-order chi connectivity index (χ1) is 11.1. The predicted molar refractivity (Wildman–Crippen MR) is 91.8 cm³/mol. The average molecular weight is 352 g/mol. The summed E-state index contributed by atoms with van der Waals surface area (Å²) in [6, 6.07) is 7.39. The van der Waals surface area contributed by atoms with Crippen LogP contribution in [0.3, 0.4) is 0 Å². The number of carbonyl (C=O) groups is 3. The Morgan fingerprint density at radius 3 is 2.38 bits per heavy atom. The number of amides is 3. The van der Waals surface area contributed by atoms with E-state index in [0.29, 0.717) is 18.4 Å². The molecule has 1 atom stereocenters. The van der Waals surface area contributed by atoms with Crippen LogP contribution in [0.25, 0.3) is 0 Å². The van der Waals surface area contributed by atoms with Crippen LogP contribution in [0.5, 0.6) is 0 Å².